The van der Waals surface area contributed by atoms with Gasteiger partial charge in [0.25, 0.3) is 0 Å². The fourth-order valence-corrected chi connectivity index (χ4v) is 3.26. The molecular weight excluding hydrogens is 369 g/mol. The van der Waals surface area contributed by atoms with E-state index < -0.39 is 11.8 Å². The molecule has 106 valence electrons. The Bertz CT molecular complexity index is 647. The lowest BCUT2D eigenvalue weighted by molar-refractivity contribution is 0.0695. The molecule has 0 aliphatic heterocycles. The predicted molar refractivity (Wildman–Crippen MR) is 82.6 cm³/mol. The molecule has 0 saturated heterocycles. The molecule has 0 aliphatic carbocycles. The van der Waals surface area contributed by atoms with Gasteiger partial charge >= 0.3 is 5.97 Å². The summed E-state index contributed by atoms with van der Waals surface area (Å²) >= 11 is 10.3. The number of halogens is 3. The van der Waals surface area contributed by atoms with Crippen LogP contribution in [-0.4, -0.2) is 17.6 Å². The first kappa shape index (κ1) is 15.3. The number of carboxylic acid groups (broad SMARTS) is 1. The van der Waals surface area contributed by atoms with E-state index in [1.165, 1.54) is 23.5 Å². The second-order valence-electron chi connectivity index (χ2n) is 3.98. The van der Waals surface area contributed by atoms with Gasteiger partial charge in [-0.25, -0.2) is 9.18 Å². The van der Waals surface area contributed by atoms with E-state index in [0.717, 1.165) is 15.6 Å². The van der Waals surface area contributed by atoms with Crippen molar-refractivity contribution in [2.45, 2.75) is 6.42 Å². The number of rotatable bonds is 5. The summed E-state index contributed by atoms with van der Waals surface area (Å²) in [7, 11) is 0. The van der Waals surface area contributed by atoms with Crippen molar-refractivity contribution < 1.29 is 14.3 Å². The maximum absolute atomic E-state index is 14.0. The van der Waals surface area contributed by atoms with Crippen molar-refractivity contribution in [2.24, 2.45) is 0 Å². The molecule has 2 rings (SSSR count). The maximum Gasteiger partial charge on any atom is 0.336 e. The first-order chi connectivity index (χ1) is 9.49. The Morgan fingerprint density at radius 2 is 2.15 bits per heavy atom. The van der Waals surface area contributed by atoms with Gasteiger partial charge in [-0.1, -0.05) is 11.6 Å². The highest BCUT2D eigenvalue weighted by atomic mass is 79.9. The Labute approximate surface area is 132 Å². The highest BCUT2D eigenvalue weighted by Gasteiger charge is 2.15. The number of nitrogens with one attached hydrogen (secondary N) is 1. The van der Waals surface area contributed by atoms with E-state index in [4.69, 9.17) is 16.7 Å². The van der Waals surface area contributed by atoms with Crippen LogP contribution in [-0.2, 0) is 6.42 Å². The molecule has 2 N–H and O–H groups in total. The van der Waals surface area contributed by atoms with Gasteiger partial charge in [0, 0.05) is 11.4 Å². The molecule has 1 heterocycles. The summed E-state index contributed by atoms with van der Waals surface area (Å²) in [6.45, 7) is 0.534. The van der Waals surface area contributed by atoms with E-state index >= 15 is 0 Å². The second kappa shape index (κ2) is 6.56. The number of hydrogen-bond donors (Lipinski definition) is 2. The van der Waals surface area contributed by atoms with E-state index in [1.54, 1.807) is 0 Å². The van der Waals surface area contributed by atoms with Crippen LogP contribution in [0.3, 0.4) is 0 Å². The fourth-order valence-electron chi connectivity index (χ4n) is 1.66. The first-order valence-corrected chi connectivity index (χ1v) is 7.67. The monoisotopic (exact) mass is 377 g/mol. The quantitative estimate of drug-likeness (QED) is 0.796. The molecule has 0 amide bonds. The zero-order chi connectivity index (χ0) is 14.7. The Hall–Kier alpha value is -1.11. The van der Waals surface area contributed by atoms with Crippen LogP contribution in [0, 0.1) is 5.82 Å². The molecule has 7 heteroatoms. The Morgan fingerprint density at radius 1 is 1.40 bits per heavy atom. The second-order valence-corrected chi connectivity index (χ2v) is 6.57. The third-order valence-electron chi connectivity index (χ3n) is 2.63. The van der Waals surface area contributed by atoms with Gasteiger partial charge in [0.15, 0.2) is 5.82 Å². The molecule has 0 fully saturated rings. The van der Waals surface area contributed by atoms with Gasteiger partial charge in [-0.2, -0.15) is 0 Å². The molecular formula is C13H10BrClFNO2S. The minimum atomic E-state index is -1.17. The smallest absolute Gasteiger partial charge is 0.336 e. The van der Waals surface area contributed by atoms with E-state index in [-0.39, 0.29) is 15.7 Å². The number of thiophene rings is 1. The van der Waals surface area contributed by atoms with Crippen molar-refractivity contribution in [2.75, 3.05) is 11.9 Å². The van der Waals surface area contributed by atoms with Crippen molar-refractivity contribution in [3.63, 3.8) is 0 Å². The Morgan fingerprint density at radius 3 is 2.75 bits per heavy atom. The number of carbonyl (C=O) groups is 1. The molecule has 0 bridgehead atoms. The lowest BCUT2D eigenvalue weighted by Crippen LogP contribution is -2.08. The normalized spacial score (nSPS) is 10.6. The molecule has 3 nitrogen and oxygen atoms in total. The predicted octanol–water partition coefficient (Wildman–Crippen LogP) is 4.66. The average Bonchev–Trinajstić information content (AvgIpc) is 2.80. The molecule has 0 spiro atoms. The van der Waals surface area contributed by atoms with Gasteiger partial charge in [0.2, 0.25) is 0 Å². The number of benzene rings is 1. The van der Waals surface area contributed by atoms with Gasteiger partial charge in [-0.15, -0.1) is 11.3 Å². The van der Waals surface area contributed by atoms with Crippen LogP contribution >= 0.6 is 38.9 Å². The van der Waals surface area contributed by atoms with Crippen LogP contribution in [0.15, 0.2) is 28.7 Å². The molecule has 0 unspecified atom stereocenters. The van der Waals surface area contributed by atoms with Gasteiger partial charge in [0.05, 0.1) is 20.1 Å². The Kier molecular flexibility index (Phi) is 5.01. The van der Waals surface area contributed by atoms with Crippen LogP contribution in [0.4, 0.5) is 10.1 Å². The summed E-state index contributed by atoms with van der Waals surface area (Å²) in [6.07, 6.45) is 0.717. The van der Waals surface area contributed by atoms with Crippen molar-refractivity contribution in [1.82, 2.24) is 0 Å². The lowest BCUT2D eigenvalue weighted by atomic mass is 10.2. The molecule has 0 aliphatic rings. The molecule has 2 aromatic rings. The minimum absolute atomic E-state index is 0.0471. The van der Waals surface area contributed by atoms with Crippen molar-refractivity contribution in [3.8, 4) is 0 Å². The topological polar surface area (TPSA) is 49.3 Å². The van der Waals surface area contributed by atoms with Crippen LogP contribution in [0.2, 0.25) is 4.34 Å². The summed E-state index contributed by atoms with van der Waals surface area (Å²) < 4.78 is 14.6. The maximum atomic E-state index is 14.0. The summed E-state index contributed by atoms with van der Waals surface area (Å²) in [6, 6.07) is 6.53. The van der Waals surface area contributed by atoms with Gasteiger partial charge in [-0.05, 0) is 46.6 Å². The number of hydrogen-bond acceptors (Lipinski definition) is 3. The van der Waals surface area contributed by atoms with Crippen LogP contribution in [0.5, 0.6) is 0 Å². The third kappa shape index (κ3) is 3.50. The number of carboxylic acids is 1. The van der Waals surface area contributed by atoms with Gasteiger partial charge < -0.3 is 10.4 Å². The minimum Gasteiger partial charge on any atom is -0.478 e. The standard InChI is InChI=1S/C13H10BrClFNO2S/c14-11-8(13(18)19)2-3-9(12(11)16)17-6-5-7-1-4-10(15)20-7/h1-4,17H,5-6H2,(H,18,19). The molecule has 1 aromatic carbocycles. The highest BCUT2D eigenvalue weighted by molar-refractivity contribution is 9.10. The summed E-state index contributed by atoms with van der Waals surface area (Å²) in [4.78, 5) is 12.0. The zero-order valence-corrected chi connectivity index (χ0v) is 13.3. The van der Waals surface area contributed by atoms with E-state index in [1.807, 2.05) is 12.1 Å². The zero-order valence-electron chi connectivity index (χ0n) is 10.1. The summed E-state index contributed by atoms with van der Waals surface area (Å²) in [5.74, 6) is -1.77. The van der Waals surface area contributed by atoms with Crippen molar-refractivity contribution in [1.29, 1.82) is 0 Å². The highest BCUT2D eigenvalue weighted by Crippen LogP contribution is 2.27. The lowest BCUT2D eigenvalue weighted by Gasteiger charge is -2.09. The SMILES string of the molecule is O=C(O)c1ccc(NCCc2ccc(Cl)s2)c(F)c1Br. The molecule has 20 heavy (non-hydrogen) atoms. The van der Waals surface area contributed by atoms with Crippen LogP contribution in [0.1, 0.15) is 15.2 Å². The largest absolute Gasteiger partial charge is 0.478 e. The van der Waals surface area contributed by atoms with Crippen molar-refractivity contribution >= 4 is 50.5 Å². The van der Waals surface area contributed by atoms with Gasteiger partial charge in [-0.3, -0.25) is 0 Å². The summed E-state index contributed by atoms with van der Waals surface area (Å²) in [5, 5.41) is 11.8. The van der Waals surface area contributed by atoms with Crippen LogP contribution in [0.25, 0.3) is 0 Å². The fraction of sp³-hybridized carbons (Fsp3) is 0.154. The van der Waals surface area contributed by atoms with E-state index in [9.17, 15) is 9.18 Å². The number of anilines is 1. The third-order valence-corrected chi connectivity index (χ3v) is 4.69. The van der Waals surface area contributed by atoms with E-state index in [2.05, 4.69) is 21.2 Å². The first-order valence-electron chi connectivity index (χ1n) is 5.68. The summed E-state index contributed by atoms with van der Waals surface area (Å²) in [5.41, 5.74) is 0.169. The van der Waals surface area contributed by atoms with E-state index in [0.29, 0.717) is 6.54 Å². The molecule has 0 atom stereocenters. The number of aromatic carboxylic acids is 1. The molecule has 0 saturated carbocycles. The average molecular weight is 379 g/mol. The Balaban J connectivity index is 2.03. The van der Waals surface area contributed by atoms with Crippen molar-refractivity contribution in [3.05, 3.63) is 49.3 Å². The molecule has 0 radical (unpaired) electrons. The van der Waals surface area contributed by atoms with Gasteiger partial charge in [0.1, 0.15) is 0 Å². The molecule has 1 aromatic heterocycles. The van der Waals surface area contributed by atoms with Crippen LogP contribution < -0.4 is 5.32 Å².